The van der Waals surface area contributed by atoms with E-state index in [4.69, 9.17) is 0 Å². The zero-order chi connectivity index (χ0) is 18.7. The van der Waals surface area contributed by atoms with Gasteiger partial charge in [0.25, 0.3) is 5.56 Å². The molecule has 2 heterocycles. The minimum absolute atomic E-state index is 0.338. The van der Waals surface area contributed by atoms with Crippen LogP contribution in [0.4, 0.5) is 8.78 Å². The first-order valence-corrected chi connectivity index (χ1v) is 8.90. The summed E-state index contributed by atoms with van der Waals surface area (Å²) in [5.74, 6) is -1.18. The quantitative estimate of drug-likeness (QED) is 0.858. The van der Waals surface area contributed by atoms with E-state index in [1.165, 1.54) is 12.1 Å². The Balaban J connectivity index is 1.60. The molecule has 140 valence electrons. The van der Waals surface area contributed by atoms with Crippen molar-refractivity contribution in [3.8, 4) is 0 Å². The van der Waals surface area contributed by atoms with Crippen LogP contribution in [0.15, 0.2) is 27.8 Å². The van der Waals surface area contributed by atoms with Gasteiger partial charge in [0.1, 0.15) is 0 Å². The van der Waals surface area contributed by atoms with Crippen LogP contribution in [0, 0.1) is 24.5 Å². The number of H-pyrrole nitrogens is 2. The van der Waals surface area contributed by atoms with E-state index in [1.54, 1.807) is 13.0 Å². The van der Waals surface area contributed by atoms with E-state index in [9.17, 15) is 18.4 Å². The minimum atomic E-state index is -0.820. The van der Waals surface area contributed by atoms with Crippen molar-refractivity contribution in [2.75, 3.05) is 13.1 Å². The molecule has 0 aliphatic carbocycles. The molecule has 1 saturated heterocycles. The smallest absolute Gasteiger partial charge is 0.311 e. The highest BCUT2D eigenvalue weighted by Crippen LogP contribution is 2.23. The van der Waals surface area contributed by atoms with Gasteiger partial charge in [-0.15, -0.1) is 0 Å². The molecule has 26 heavy (non-hydrogen) atoms. The van der Waals surface area contributed by atoms with Crippen molar-refractivity contribution >= 4 is 0 Å². The largest absolute Gasteiger partial charge is 0.325 e. The van der Waals surface area contributed by atoms with Crippen LogP contribution in [0.3, 0.4) is 0 Å². The zero-order valence-corrected chi connectivity index (χ0v) is 14.8. The van der Waals surface area contributed by atoms with Gasteiger partial charge in [0.15, 0.2) is 11.6 Å². The fraction of sp³-hybridized carbons (Fsp3) is 0.474. The number of nitrogens with zero attached hydrogens (tertiary/aromatic N) is 1. The summed E-state index contributed by atoms with van der Waals surface area (Å²) in [5, 5.41) is 0. The predicted molar refractivity (Wildman–Crippen MR) is 95.1 cm³/mol. The number of likely N-dealkylation sites (tertiary alicyclic amines) is 1. The molecule has 0 unspecified atom stereocenters. The fourth-order valence-electron chi connectivity index (χ4n) is 3.64. The predicted octanol–water partition coefficient (Wildman–Crippen LogP) is 2.49. The monoisotopic (exact) mass is 363 g/mol. The van der Waals surface area contributed by atoms with Gasteiger partial charge in [0, 0.05) is 18.8 Å². The molecule has 0 radical (unpaired) electrons. The van der Waals surface area contributed by atoms with Gasteiger partial charge in [-0.1, -0.05) is 6.07 Å². The Morgan fingerprint density at radius 1 is 1.19 bits per heavy atom. The SMILES string of the molecule is Cc1[nH]c(=O)[nH]c(=O)c1CN1CCC[C@@H](CCc2ccc(F)c(F)c2)C1. The lowest BCUT2D eigenvalue weighted by molar-refractivity contribution is 0.161. The van der Waals surface area contributed by atoms with Crippen LogP contribution in [0.25, 0.3) is 0 Å². The molecule has 1 aromatic heterocycles. The van der Waals surface area contributed by atoms with E-state index >= 15 is 0 Å². The van der Waals surface area contributed by atoms with E-state index in [0.717, 1.165) is 37.9 Å². The van der Waals surface area contributed by atoms with Crippen molar-refractivity contribution in [1.29, 1.82) is 0 Å². The molecule has 7 heteroatoms. The Hall–Kier alpha value is -2.28. The highest BCUT2D eigenvalue weighted by atomic mass is 19.2. The second kappa shape index (κ2) is 7.95. The Morgan fingerprint density at radius 3 is 2.73 bits per heavy atom. The van der Waals surface area contributed by atoms with Crippen molar-refractivity contribution in [2.24, 2.45) is 5.92 Å². The third kappa shape index (κ3) is 4.46. The molecular formula is C19H23F2N3O2. The molecule has 0 saturated carbocycles. The van der Waals surface area contributed by atoms with E-state index in [2.05, 4.69) is 14.9 Å². The maximum atomic E-state index is 13.3. The number of hydrogen-bond donors (Lipinski definition) is 2. The Labute approximate surface area is 150 Å². The molecule has 0 spiro atoms. The molecule has 2 N–H and O–H groups in total. The number of hydrogen-bond acceptors (Lipinski definition) is 3. The van der Waals surface area contributed by atoms with Crippen molar-refractivity contribution in [3.05, 3.63) is 67.5 Å². The lowest BCUT2D eigenvalue weighted by Crippen LogP contribution is -2.38. The first-order chi connectivity index (χ1) is 12.4. The van der Waals surface area contributed by atoms with Crippen LogP contribution in [0.5, 0.6) is 0 Å². The van der Waals surface area contributed by atoms with Crippen LogP contribution >= 0.6 is 0 Å². The third-order valence-electron chi connectivity index (χ3n) is 5.06. The number of halogens is 2. The second-order valence-electron chi connectivity index (χ2n) is 7.04. The molecule has 2 aromatic rings. The molecule has 1 aliphatic rings. The lowest BCUT2D eigenvalue weighted by Gasteiger charge is -2.32. The maximum absolute atomic E-state index is 13.3. The highest BCUT2D eigenvalue weighted by Gasteiger charge is 2.21. The Morgan fingerprint density at radius 2 is 2.00 bits per heavy atom. The summed E-state index contributed by atoms with van der Waals surface area (Å²) in [6.45, 7) is 3.98. The van der Waals surface area contributed by atoms with Crippen molar-refractivity contribution < 1.29 is 8.78 Å². The van der Waals surface area contributed by atoms with Gasteiger partial charge in [-0.05, 0) is 62.8 Å². The third-order valence-corrected chi connectivity index (χ3v) is 5.06. The first-order valence-electron chi connectivity index (χ1n) is 8.90. The standard InChI is InChI=1S/C19H23F2N3O2/c1-12-15(18(25)23-19(26)22-12)11-24-8-2-3-14(10-24)5-4-13-6-7-16(20)17(21)9-13/h6-7,9,14H,2-5,8,10-11H2,1H3,(H2,22,23,25,26)/t14-/m0/s1. The van der Waals surface area contributed by atoms with Gasteiger partial charge in [-0.3, -0.25) is 14.7 Å². The van der Waals surface area contributed by atoms with E-state index in [-0.39, 0.29) is 5.56 Å². The minimum Gasteiger partial charge on any atom is -0.311 e. The van der Waals surface area contributed by atoms with Gasteiger partial charge in [0.05, 0.1) is 5.56 Å². The summed E-state index contributed by atoms with van der Waals surface area (Å²) in [6.07, 6.45) is 3.71. The lowest BCUT2D eigenvalue weighted by atomic mass is 9.91. The maximum Gasteiger partial charge on any atom is 0.325 e. The van der Waals surface area contributed by atoms with Crippen LogP contribution < -0.4 is 11.2 Å². The van der Waals surface area contributed by atoms with Crippen molar-refractivity contribution in [2.45, 2.75) is 39.2 Å². The number of aromatic amines is 2. The molecule has 5 nitrogen and oxygen atoms in total. The molecular weight excluding hydrogens is 340 g/mol. The average molecular weight is 363 g/mol. The Bertz CT molecular complexity index is 891. The molecule has 1 atom stereocenters. The molecule has 1 fully saturated rings. The van der Waals surface area contributed by atoms with E-state index in [1.807, 2.05) is 0 Å². The number of piperidine rings is 1. The number of aryl methyl sites for hydroxylation is 2. The number of nitrogens with one attached hydrogen (secondary N) is 2. The normalized spacial score (nSPS) is 18.2. The molecule has 1 aliphatic heterocycles. The molecule has 3 rings (SSSR count). The topological polar surface area (TPSA) is 69.0 Å². The van der Waals surface area contributed by atoms with Crippen molar-refractivity contribution in [3.63, 3.8) is 0 Å². The zero-order valence-electron chi connectivity index (χ0n) is 14.8. The molecule has 0 bridgehead atoms. The number of benzene rings is 1. The van der Waals surface area contributed by atoms with Crippen LogP contribution in [0.1, 0.15) is 36.1 Å². The van der Waals surface area contributed by atoms with Crippen LogP contribution in [0.2, 0.25) is 0 Å². The van der Waals surface area contributed by atoms with Crippen molar-refractivity contribution in [1.82, 2.24) is 14.9 Å². The number of aromatic nitrogens is 2. The van der Waals surface area contributed by atoms with Gasteiger partial charge < -0.3 is 4.98 Å². The average Bonchev–Trinajstić information content (AvgIpc) is 2.59. The molecule has 1 aromatic carbocycles. The van der Waals surface area contributed by atoms with E-state index < -0.39 is 17.3 Å². The number of rotatable bonds is 5. The van der Waals surface area contributed by atoms with Gasteiger partial charge >= 0.3 is 5.69 Å². The Kier molecular flexibility index (Phi) is 5.66. The summed E-state index contributed by atoms with van der Waals surface area (Å²) in [6, 6.07) is 4.06. The summed E-state index contributed by atoms with van der Waals surface area (Å²) in [4.78, 5) is 30.4. The molecule has 0 amide bonds. The highest BCUT2D eigenvalue weighted by molar-refractivity contribution is 5.18. The van der Waals surface area contributed by atoms with Crippen LogP contribution in [-0.4, -0.2) is 28.0 Å². The fourth-order valence-corrected chi connectivity index (χ4v) is 3.64. The first kappa shape index (κ1) is 18.5. The van der Waals surface area contributed by atoms with E-state index in [0.29, 0.717) is 30.1 Å². The van der Waals surface area contributed by atoms with Crippen LogP contribution in [-0.2, 0) is 13.0 Å². The van der Waals surface area contributed by atoms with Gasteiger partial charge in [0.2, 0.25) is 0 Å². The van der Waals surface area contributed by atoms with Gasteiger partial charge in [-0.2, -0.15) is 0 Å². The summed E-state index contributed by atoms with van der Waals surface area (Å²) in [5.41, 5.74) is 1.16. The summed E-state index contributed by atoms with van der Waals surface area (Å²) in [7, 11) is 0. The summed E-state index contributed by atoms with van der Waals surface area (Å²) >= 11 is 0. The summed E-state index contributed by atoms with van der Waals surface area (Å²) < 4.78 is 26.3. The van der Waals surface area contributed by atoms with Gasteiger partial charge in [-0.25, -0.2) is 13.6 Å². The second-order valence-corrected chi connectivity index (χ2v) is 7.04.